The lowest BCUT2D eigenvalue weighted by Gasteiger charge is -2.23. The number of hydrogen-bond donors (Lipinski definition) is 3. The van der Waals surface area contributed by atoms with E-state index in [1.54, 1.807) is 10.6 Å². The minimum absolute atomic E-state index is 0.0480. The number of anilines is 2. The molecule has 2 unspecified atom stereocenters. The second kappa shape index (κ2) is 6.77. The van der Waals surface area contributed by atoms with Crippen LogP contribution in [-0.2, 0) is 0 Å². The fourth-order valence-electron chi connectivity index (χ4n) is 4.26. The SMILES string of the molecule is CNC(C)C1CCN(c2cc3c(cc2F)c(=O)c(C(=O)O)c(N)n3C2CC2)C1. The first-order valence-corrected chi connectivity index (χ1v) is 9.66. The van der Waals surface area contributed by atoms with Crippen LogP contribution in [0.3, 0.4) is 0 Å². The molecule has 7 nitrogen and oxygen atoms in total. The number of aromatic carboxylic acids is 1. The van der Waals surface area contributed by atoms with Crippen LogP contribution in [0.2, 0.25) is 0 Å². The fraction of sp³-hybridized carbons (Fsp3) is 0.500. The van der Waals surface area contributed by atoms with Crippen molar-refractivity contribution in [1.82, 2.24) is 9.88 Å². The number of carbonyl (C=O) groups is 1. The van der Waals surface area contributed by atoms with Crippen molar-refractivity contribution in [2.45, 2.75) is 38.3 Å². The van der Waals surface area contributed by atoms with Crippen LogP contribution in [0.25, 0.3) is 10.9 Å². The second-order valence-electron chi connectivity index (χ2n) is 7.89. The maximum Gasteiger partial charge on any atom is 0.343 e. The summed E-state index contributed by atoms with van der Waals surface area (Å²) in [6.45, 7) is 3.57. The summed E-state index contributed by atoms with van der Waals surface area (Å²) in [4.78, 5) is 26.3. The predicted molar refractivity (Wildman–Crippen MR) is 107 cm³/mol. The lowest BCUT2D eigenvalue weighted by atomic mass is 10.0. The Kier molecular flexibility index (Phi) is 4.53. The molecule has 2 atom stereocenters. The number of carboxylic acid groups (broad SMARTS) is 1. The number of rotatable bonds is 5. The van der Waals surface area contributed by atoms with Crippen molar-refractivity contribution in [3.8, 4) is 0 Å². The number of halogens is 1. The molecule has 1 aromatic heterocycles. The number of carboxylic acids is 1. The molecule has 8 heteroatoms. The summed E-state index contributed by atoms with van der Waals surface area (Å²) in [5, 5.41) is 12.8. The number of nitrogens with zero attached hydrogens (tertiary/aromatic N) is 2. The zero-order chi connectivity index (χ0) is 20.2. The average molecular weight is 388 g/mol. The molecular formula is C20H25FN4O3. The number of nitrogen functional groups attached to an aromatic ring is 1. The first-order chi connectivity index (χ1) is 13.3. The van der Waals surface area contributed by atoms with E-state index in [1.165, 1.54) is 6.07 Å². The summed E-state index contributed by atoms with van der Waals surface area (Å²) >= 11 is 0. The van der Waals surface area contributed by atoms with E-state index in [0.717, 1.165) is 32.4 Å². The summed E-state index contributed by atoms with van der Waals surface area (Å²) in [6.07, 6.45) is 2.67. The molecule has 0 spiro atoms. The number of nitrogens with two attached hydrogens (primary N) is 1. The van der Waals surface area contributed by atoms with Gasteiger partial charge in [-0.25, -0.2) is 9.18 Å². The van der Waals surface area contributed by atoms with E-state index in [4.69, 9.17) is 5.73 Å². The highest BCUT2D eigenvalue weighted by Gasteiger charge is 2.32. The number of aromatic nitrogens is 1. The molecule has 2 aromatic rings. The molecule has 1 aromatic carbocycles. The lowest BCUT2D eigenvalue weighted by molar-refractivity contribution is 0.0696. The van der Waals surface area contributed by atoms with Crippen LogP contribution in [0.5, 0.6) is 0 Å². The van der Waals surface area contributed by atoms with Crippen LogP contribution >= 0.6 is 0 Å². The Hall–Kier alpha value is -2.61. The predicted octanol–water partition coefficient (Wildman–Crippen LogP) is 2.19. The maximum absolute atomic E-state index is 15.0. The monoisotopic (exact) mass is 388 g/mol. The van der Waals surface area contributed by atoms with Crippen LogP contribution in [0.15, 0.2) is 16.9 Å². The molecule has 0 radical (unpaired) electrons. The van der Waals surface area contributed by atoms with Gasteiger partial charge in [0.05, 0.1) is 11.2 Å². The van der Waals surface area contributed by atoms with Gasteiger partial charge < -0.3 is 25.6 Å². The molecule has 2 heterocycles. The normalized spacial score (nSPS) is 20.7. The second-order valence-corrected chi connectivity index (χ2v) is 7.89. The maximum atomic E-state index is 15.0. The zero-order valence-electron chi connectivity index (χ0n) is 16.0. The highest BCUT2D eigenvalue weighted by atomic mass is 19.1. The van der Waals surface area contributed by atoms with Gasteiger partial charge in [0.25, 0.3) is 0 Å². The molecule has 2 aliphatic rings. The van der Waals surface area contributed by atoms with Crippen molar-refractivity contribution in [2.75, 3.05) is 30.8 Å². The summed E-state index contributed by atoms with van der Waals surface area (Å²) in [5.74, 6) is -1.53. The number of hydrogen-bond acceptors (Lipinski definition) is 5. The molecular weight excluding hydrogens is 363 g/mol. The Morgan fingerprint density at radius 3 is 2.68 bits per heavy atom. The molecule has 28 heavy (non-hydrogen) atoms. The Morgan fingerprint density at radius 2 is 2.07 bits per heavy atom. The highest BCUT2D eigenvalue weighted by molar-refractivity contribution is 5.98. The Labute approximate surface area is 161 Å². The van der Waals surface area contributed by atoms with E-state index < -0.39 is 22.8 Å². The molecule has 1 saturated heterocycles. The third-order valence-corrected chi connectivity index (χ3v) is 6.17. The van der Waals surface area contributed by atoms with Gasteiger partial charge in [-0.3, -0.25) is 4.79 Å². The molecule has 1 aliphatic carbocycles. The van der Waals surface area contributed by atoms with E-state index in [9.17, 15) is 19.1 Å². The topological polar surface area (TPSA) is 101 Å². The smallest absolute Gasteiger partial charge is 0.343 e. The van der Waals surface area contributed by atoms with Gasteiger partial charge in [0, 0.05) is 30.6 Å². The number of nitrogens with one attached hydrogen (secondary N) is 1. The van der Waals surface area contributed by atoms with Gasteiger partial charge >= 0.3 is 5.97 Å². The Balaban J connectivity index is 1.87. The van der Waals surface area contributed by atoms with Gasteiger partial charge in [-0.15, -0.1) is 0 Å². The highest BCUT2D eigenvalue weighted by Crippen LogP contribution is 2.41. The van der Waals surface area contributed by atoms with Crippen LogP contribution < -0.4 is 21.4 Å². The summed E-state index contributed by atoms with van der Waals surface area (Å²) < 4.78 is 16.7. The molecule has 4 rings (SSSR count). The fourth-order valence-corrected chi connectivity index (χ4v) is 4.26. The molecule has 150 valence electrons. The van der Waals surface area contributed by atoms with Crippen LogP contribution in [-0.4, -0.2) is 41.8 Å². The van der Waals surface area contributed by atoms with Gasteiger partial charge in [-0.05, 0) is 51.3 Å². The standard InChI is InChI=1S/C20H25FN4O3/c1-10(23-2)11-5-6-24(9-11)16-8-15-13(7-14(16)21)18(26)17(20(27)28)19(22)25(15)12-3-4-12/h7-8,10-12,23H,3-6,9,22H2,1-2H3,(H,27,28). The van der Waals surface area contributed by atoms with E-state index in [1.807, 2.05) is 11.9 Å². The van der Waals surface area contributed by atoms with Gasteiger partial charge in [0.2, 0.25) is 5.43 Å². The van der Waals surface area contributed by atoms with E-state index in [-0.39, 0.29) is 17.2 Å². The van der Waals surface area contributed by atoms with Gasteiger partial charge in [0.1, 0.15) is 17.2 Å². The molecule has 1 saturated carbocycles. The van der Waals surface area contributed by atoms with Crippen LogP contribution in [0.1, 0.15) is 42.6 Å². The first kappa shape index (κ1) is 18.7. The van der Waals surface area contributed by atoms with Gasteiger partial charge in [-0.2, -0.15) is 0 Å². The Bertz CT molecular complexity index is 1010. The number of fused-ring (bicyclic) bond motifs is 1. The van der Waals surface area contributed by atoms with Crippen molar-refractivity contribution in [1.29, 1.82) is 0 Å². The summed E-state index contributed by atoms with van der Waals surface area (Å²) in [5.41, 5.74) is 5.82. The lowest BCUT2D eigenvalue weighted by Crippen LogP contribution is -2.33. The first-order valence-electron chi connectivity index (χ1n) is 9.66. The van der Waals surface area contributed by atoms with Gasteiger partial charge in [0.15, 0.2) is 0 Å². The third kappa shape index (κ3) is 2.92. The molecule has 0 bridgehead atoms. The van der Waals surface area contributed by atoms with E-state index in [2.05, 4.69) is 12.2 Å². The van der Waals surface area contributed by atoms with Crippen molar-refractivity contribution >= 4 is 28.4 Å². The minimum Gasteiger partial charge on any atom is -0.477 e. The van der Waals surface area contributed by atoms with Crippen molar-refractivity contribution < 1.29 is 14.3 Å². The van der Waals surface area contributed by atoms with Crippen molar-refractivity contribution in [2.24, 2.45) is 5.92 Å². The zero-order valence-corrected chi connectivity index (χ0v) is 16.0. The number of pyridine rings is 1. The van der Waals surface area contributed by atoms with E-state index >= 15 is 0 Å². The largest absolute Gasteiger partial charge is 0.477 e. The quantitative estimate of drug-likeness (QED) is 0.726. The van der Waals surface area contributed by atoms with Crippen molar-refractivity contribution in [3.63, 3.8) is 0 Å². The summed E-state index contributed by atoms with van der Waals surface area (Å²) in [6, 6.07) is 3.22. The summed E-state index contributed by atoms with van der Waals surface area (Å²) in [7, 11) is 1.92. The minimum atomic E-state index is -1.38. The molecule has 1 aliphatic heterocycles. The Morgan fingerprint density at radius 1 is 1.36 bits per heavy atom. The van der Waals surface area contributed by atoms with Crippen molar-refractivity contribution in [3.05, 3.63) is 33.7 Å². The van der Waals surface area contributed by atoms with Gasteiger partial charge in [-0.1, -0.05) is 0 Å². The molecule has 2 fully saturated rings. The average Bonchev–Trinajstić information content (AvgIpc) is 3.36. The van der Waals surface area contributed by atoms with Crippen LogP contribution in [0, 0.1) is 11.7 Å². The third-order valence-electron chi connectivity index (χ3n) is 6.17. The van der Waals surface area contributed by atoms with E-state index in [0.29, 0.717) is 23.2 Å². The molecule has 4 N–H and O–H groups in total. The molecule has 0 amide bonds. The number of benzene rings is 1. The van der Waals surface area contributed by atoms with Crippen LogP contribution in [0.4, 0.5) is 15.9 Å².